The minimum atomic E-state index is 0.0216. The maximum atomic E-state index is 12.8. The van der Waals surface area contributed by atoms with Crippen molar-refractivity contribution in [2.24, 2.45) is 5.92 Å². The van der Waals surface area contributed by atoms with Gasteiger partial charge >= 0.3 is 0 Å². The first-order valence-corrected chi connectivity index (χ1v) is 10.8. The Morgan fingerprint density at radius 1 is 1.17 bits per heavy atom. The molecule has 1 aliphatic carbocycles. The molecule has 6 nitrogen and oxygen atoms in total. The number of aryl methyl sites for hydroxylation is 1. The fourth-order valence-electron chi connectivity index (χ4n) is 4.53. The number of fused-ring (bicyclic) bond motifs is 1. The predicted octanol–water partition coefficient (Wildman–Crippen LogP) is 2.69. The third kappa shape index (κ3) is 4.13. The van der Waals surface area contributed by atoms with E-state index in [1.165, 1.54) is 11.3 Å². The van der Waals surface area contributed by atoms with Crippen LogP contribution in [0.5, 0.6) is 0 Å². The molecule has 0 unspecified atom stereocenters. The van der Waals surface area contributed by atoms with Crippen molar-refractivity contribution in [3.8, 4) is 11.4 Å². The van der Waals surface area contributed by atoms with Crippen LogP contribution < -0.4 is 4.90 Å². The van der Waals surface area contributed by atoms with Crippen molar-refractivity contribution < 1.29 is 9.90 Å². The quantitative estimate of drug-likeness (QED) is 0.816. The first kappa shape index (κ1) is 19.8. The van der Waals surface area contributed by atoms with Crippen molar-refractivity contribution in [1.82, 2.24) is 14.9 Å². The highest BCUT2D eigenvalue weighted by Crippen LogP contribution is 2.33. The molecular weight excluding hydrogens is 364 g/mol. The van der Waals surface area contributed by atoms with Crippen molar-refractivity contribution in [1.29, 1.82) is 0 Å². The standard InChI is InChI=1S/C23H30N4O2/c1-2-26(15-16-28)23(29)18-11-13-27(14-12-18)22-19-9-6-10-20(19)24-21(25-22)17-7-4-3-5-8-17/h3-5,7-8,18,28H,2,6,9-16H2,1H3. The van der Waals surface area contributed by atoms with Crippen molar-refractivity contribution in [2.75, 3.05) is 37.7 Å². The molecule has 0 bridgehead atoms. The number of hydrogen-bond acceptors (Lipinski definition) is 5. The Bertz CT molecular complexity index is 847. The molecule has 1 amide bonds. The van der Waals surface area contributed by atoms with E-state index >= 15 is 0 Å². The molecule has 2 aliphatic rings. The lowest BCUT2D eigenvalue weighted by atomic mass is 9.95. The highest BCUT2D eigenvalue weighted by atomic mass is 16.3. The van der Waals surface area contributed by atoms with Crippen LogP contribution >= 0.6 is 0 Å². The number of likely N-dealkylation sites (N-methyl/N-ethyl adjacent to an activating group) is 1. The number of rotatable bonds is 6. The average Bonchev–Trinajstić information content (AvgIpc) is 3.26. The number of hydrogen-bond donors (Lipinski definition) is 1. The molecule has 0 atom stereocenters. The van der Waals surface area contributed by atoms with Gasteiger partial charge in [-0.05, 0) is 39.0 Å². The van der Waals surface area contributed by atoms with Crippen LogP contribution in [0.4, 0.5) is 5.82 Å². The first-order valence-electron chi connectivity index (χ1n) is 10.8. The van der Waals surface area contributed by atoms with E-state index in [1.807, 2.05) is 25.1 Å². The van der Waals surface area contributed by atoms with Crippen LogP contribution in [0.2, 0.25) is 0 Å². The fourth-order valence-corrected chi connectivity index (χ4v) is 4.53. The van der Waals surface area contributed by atoms with Gasteiger partial charge in [-0.1, -0.05) is 30.3 Å². The van der Waals surface area contributed by atoms with Gasteiger partial charge in [0.2, 0.25) is 5.91 Å². The molecule has 2 aromatic rings. The summed E-state index contributed by atoms with van der Waals surface area (Å²) in [6.45, 7) is 4.75. The van der Waals surface area contributed by atoms with Crippen molar-refractivity contribution >= 4 is 11.7 Å². The lowest BCUT2D eigenvalue weighted by molar-refractivity contribution is -0.136. The summed E-state index contributed by atoms with van der Waals surface area (Å²) in [5.41, 5.74) is 3.54. The summed E-state index contributed by atoms with van der Waals surface area (Å²) in [5.74, 6) is 2.10. The third-order valence-electron chi connectivity index (χ3n) is 6.15. The molecule has 154 valence electrons. The molecule has 1 saturated heterocycles. The van der Waals surface area contributed by atoms with Crippen molar-refractivity contribution in [3.05, 3.63) is 41.6 Å². The number of piperidine rings is 1. The summed E-state index contributed by atoms with van der Waals surface area (Å²) in [5, 5.41) is 9.20. The number of nitrogens with zero attached hydrogens (tertiary/aromatic N) is 4. The summed E-state index contributed by atoms with van der Waals surface area (Å²) >= 11 is 0. The van der Waals surface area contributed by atoms with E-state index in [-0.39, 0.29) is 18.4 Å². The number of carbonyl (C=O) groups excluding carboxylic acids is 1. The van der Waals surface area contributed by atoms with Gasteiger partial charge in [0.1, 0.15) is 5.82 Å². The maximum absolute atomic E-state index is 12.8. The Morgan fingerprint density at radius 3 is 2.62 bits per heavy atom. The number of anilines is 1. The minimum Gasteiger partial charge on any atom is -0.395 e. The largest absolute Gasteiger partial charge is 0.395 e. The van der Waals surface area contributed by atoms with Crippen LogP contribution in [0.15, 0.2) is 30.3 Å². The smallest absolute Gasteiger partial charge is 0.225 e. The summed E-state index contributed by atoms with van der Waals surface area (Å²) in [6.07, 6.45) is 4.86. The van der Waals surface area contributed by atoms with E-state index in [4.69, 9.17) is 9.97 Å². The van der Waals surface area contributed by atoms with Gasteiger partial charge in [0.25, 0.3) is 0 Å². The Kier molecular flexibility index (Phi) is 6.09. The summed E-state index contributed by atoms with van der Waals surface area (Å²) < 4.78 is 0. The number of carbonyl (C=O) groups is 1. The van der Waals surface area contributed by atoms with Gasteiger partial charge in [-0.3, -0.25) is 4.79 Å². The number of amides is 1. The summed E-state index contributed by atoms with van der Waals surface area (Å²) in [7, 11) is 0. The molecule has 4 rings (SSSR count). The second-order valence-electron chi connectivity index (χ2n) is 7.92. The van der Waals surface area contributed by atoms with Gasteiger partial charge < -0.3 is 14.9 Å². The molecule has 1 fully saturated rings. The molecule has 6 heteroatoms. The molecule has 1 aromatic heterocycles. The van der Waals surface area contributed by atoms with Gasteiger partial charge in [-0.15, -0.1) is 0 Å². The molecule has 0 spiro atoms. The molecule has 29 heavy (non-hydrogen) atoms. The molecule has 1 N–H and O–H groups in total. The Hall–Kier alpha value is -2.47. The van der Waals surface area contributed by atoms with Crippen LogP contribution in [-0.2, 0) is 17.6 Å². The third-order valence-corrected chi connectivity index (χ3v) is 6.15. The Morgan fingerprint density at radius 2 is 1.93 bits per heavy atom. The number of aliphatic hydroxyl groups excluding tert-OH is 1. The van der Waals surface area contributed by atoms with E-state index in [9.17, 15) is 9.90 Å². The Balaban J connectivity index is 1.53. The van der Waals surface area contributed by atoms with Crippen LogP contribution in [0.3, 0.4) is 0 Å². The molecule has 0 saturated carbocycles. The summed E-state index contributed by atoms with van der Waals surface area (Å²) in [6, 6.07) is 10.2. The topological polar surface area (TPSA) is 69.6 Å². The molecule has 1 aliphatic heterocycles. The van der Waals surface area contributed by atoms with Crippen LogP contribution in [-0.4, -0.2) is 58.7 Å². The lowest BCUT2D eigenvalue weighted by Gasteiger charge is -2.35. The molecule has 0 radical (unpaired) electrons. The second kappa shape index (κ2) is 8.91. The molecular formula is C23H30N4O2. The zero-order valence-electron chi connectivity index (χ0n) is 17.2. The van der Waals surface area contributed by atoms with Crippen LogP contribution in [0.1, 0.15) is 37.4 Å². The van der Waals surface area contributed by atoms with Crippen molar-refractivity contribution in [3.63, 3.8) is 0 Å². The number of aromatic nitrogens is 2. The normalized spacial score (nSPS) is 16.7. The Labute approximate surface area is 172 Å². The van der Waals surface area contributed by atoms with Crippen LogP contribution in [0.25, 0.3) is 11.4 Å². The second-order valence-corrected chi connectivity index (χ2v) is 7.92. The predicted molar refractivity (Wildman–Crippen MR) is 114 cm³/mol. The summed E-state index contributed by atoms with van der Waals surface area (Å²) in [4.78, 5) is 26.7. The monoisotopic (exact) mass is 394 g/mol. The highest BCUT2D eigenvalue weighted by Gasteiger charge is 2.31. The van der Waals surface area contributed by atoms with Crippen molar-refractivity contribution in [2.45, 2.75) is 39.0 Å². The molecule has 1 aromatic carbocycles. The van der Waals surface area contributed by atoms with E-state index in [0.717, 1.165) is 62.4 Å². The first-order chi connectivity index (χ1) is 14.2. The average molecular weight is 395 g/mol. The van der Waals surface area contributed by atoms with Crippen LogP contribution in [0, 0.1) is 5.92 Å². The van der Waals surface area contributed by atoms with Gasteiger partial charge in [-0.25, -0.2) is 9.97 Å². The lowest BCUT2D eigenvalue weighted by Crippen LogP contribution is -2.44. The van der Waals surface area contributed by atoms with Gasteiger partial charge in [-0.2, -0.15) is 0 Å². The van der Waals surface area contributed by atoms with Gasteiger partial charge in [0, 0.05) is 48.9 Å². The maximum Gasteiger partial charge on any atom is 0.225 e. The van der Waals surface area contributed by atoms with E-state index in [2.05, 4.69) is 17.0 Å². The van der Waals surface area contributed by atoms with E-state index in [0.29, 0.717) is 13.1 Å². The van der Waals surface area contributed by atoms with E-state index < -0.39 is 0 Å². The molecule has 2 heterocycles. The zero-order chi connectivity index (χ0) is 20.2. The van der Waals surface area contributed by atoms with Gasteiger partial charge in [0.05, 0.1) is 6.61 Å². The number of aliphatic hydroxyl groups is 1. The van der Waals surface area contributed by atoms with Gasteiger partial charge in [0.15, 0.2) is 5.82 Å². The SMILES string of the molecule is CCN(CCO)C(=O)C1CCN(c2nc(-c3ccccc3)nc3c2CCC3)CC1. The zero-order valence-corrected chi connectivity index (χ0v) is 17.2. The fraction of sp³-hybridized carbons (Fsp3) is 0.522. The highest BCUT2D eigenvalue weighted by molar-refractivity contribution is 5.79. The minimum absolute atomic E-state index is 0.0216. The number of benzene rings is 1. The van der Waals surface area contributed by atoms with E-state index in [1.54, 1.807) is 4.90 Å².